The number of carbonyl (C=O) groups excluding carboxylic acids is 1. The molecular formula is C11H19F3N2O4. The van der Waals surface area contributed by atoms with Gasteiger partial charge in [0, 0.05) is 0 Å². The topological polar surface area (TPSA) is 98.7 Å². The molecule has 4 N–H and O–H groups in total. The highest BCUT2D eigenvalue weighted by Gasteiger charge is 2.43. The van der Waals surface area contributed by atoms with Crippen LogP contribution in [0.1, 0.15) is 27.2 Å². The van der Waals surface area contributed by atoms with E-state index in [2.05, 4.69) is 0 Å². The van der Waals surface area contributed by atoms with Crippen molar-refractivity contribution in [3.63, 3.8) is 0 Å². The Labute approximate surface area is 114 Å². The number of alkyl halides is 3. The summed E-state index contributed by atoms with van der Waals surface area (Å²) in [5.41, 5.74) is -2.25. The van der Waals surface area contributed by atoms with E-state index in [0.717, 1.165) is 6.92 Å². The van der Waals surface area contributed by atoms with Crippen LogP contribution in [0.5, 0.6) is 0 Å². The van der Waals surface area contributed by atoms with Crippen molar-refractivity contribution < 1.29 is 33.0 Å². The van der Waals surface area contributed by atoms with Crippen molar-refractivity contribution in [2.24, 2.45) is 5.92 Å². The molecule has 0 heterocycles. The molecule has 0 saturated heterocycles. The van der Waals surface area contributed by atoms with E-state index >= 15 is 0 Å². The maximum atomic E-state index is 12.7. The molecule has 3 atom stereocenters. The summed E-state index contributed by atoms with van der Waals surface area (Å²) >= 11 is 0. The molecule has 0 bridgehead atoms. The molecule has 20 heavy (non-hydrogen) atoms. The van der Waals surface area contributed by atoms with Gasteiger partial charge in [-0.05, 0) is 12.8 Å². The van der Waals surface area contributed by atoms with Crippen molar-refractivity contribution in [3.8, 4) is 0 Å². The number of carbonyl (C=O) groups is 2. The Bertz CT molecular complexity index is 358. The van der Waals surface area contributed by atoms with Crippen LogP contribution in [0.25, 0.3) is 0 Å². The van der Waals surface area contributed by atoms with Gasteiger partial charge in [0.25, 0.3) is 0 Å². The fraction of sp³-hybridized carbons (Fsp3) is 0.818. The monoisotopic (exact) mass is 300 g/mol. The lowest BCUT2D eigenvalue weighted by atomic mass is 9.99. The van der Waals surface area contributed by atoms with E-state index in [0.29, 0.717) is 0 Å². The van der Waals surface area contributed by atoms with E-state index in [4.69, 9.17) is 5.11 Å². The van der Waals surface area contributed by atoms with Crippen LogP contribution in [0.3, 0.4) is 0 Å². The lowest BCUT2D eigenvalue weighted by Crippen LogP contribution is -2.55. The number of carboxylic acid groups (broad SMARTS) is 1. The van der Waals surface area contributed by atoms with E-state index in [-0.39, 0.29) is 6.42 Å². The second kappa shape index (κ2) is 6.78. The van der Waals surface area contributed by atoms with Crippen molar-refractivity contribution in [1.29, 1.82) is 0 Å². The summed E-state index contributed by atoms with van der Waals surface area (Å²) in [6.45, 7) is 3.11. The highest BCUT2D eigenvalue weighted by Crippen LogP contribution is 2.27. The normalized spacial score (nSPS) is 17.8. The van der Waals surface area contributed by atoms with Crippen molar-refractivity contribution in [1.82, 2.24) is 10.6 Å². The molecule has 2 amide bonds. The summed E-state index contributed by atoms with van der Waals surface area (Å²) in [5.74, 6) is -2.42. The molecule has 0 aromatic rings. The summed E-state index contributed by atoms with van der Waals surface area (Å²) in [7, 11) is 0. The minimum absolute atomic E-state index is 0.206. The van der Waals surface area contributed by atoms with Gasteiger partial charge in [0.1, 0.15) is 6.04 Å². The van der Waals surface area contributed by atoms with Gasteiger partial charge in [-0.15, -0.1) is 0 Å². The number of aliphatic hydroxyl groups is 1. The first-order chi connectivity index (χ1) is 8.91. The second-order valence-electron chi connectivity index (χ2n) is 4.81. The maximum absolute atomic E-state index is 12.7. The number of hydrogen-bond acceptors (Lipinski definition) is 3. The largest absolute Gasteiger partial charge is 0.479 e. The molecule has 0 saturated carbocycles. The third-order valence-electron chi connectivity index (χ3n) is 2.91. The molecule has 0 aromatic carbocycles. The molecule has 6 nitrogen and oxygen atoms in total. The van der Waals surface area contributed by atoms with Gasteiger partial charge in [0.2, 0.25) is 0 Å². The zero-order chi connectivity index (χ0) is 16.1. The van der Waals surface area contributed by atoms with E-state index in [1.54, 1.807) is 12.2 Å². The lowest BCUT2D eigenvalue weighted by molar-refractivity contribution is -0.164. The smallest absolute Gasteiger partial charge is 0.408 e. The van der Waals surface area contributed by atoms with Crippen LogP contribution in [0, 0.1) is 5.92 Å². The van der Waals surface area contributed by atoms with E-state index in [9.17, 15) is 27.9 Å². The molecule has 0 aliphatic carbocycles. The van der Waals surface area contributed by atoms with E-state index in [1.807, 2.05) is 5.32 Å². The van der Waals surface area contributed by atoms with Crippen LogP contribution in [0.2, 0.25) is 0 Å². The highest BCUT2D eigenvalue weighted by atomic mass is 19.4. The van der Waals surface area contributed by atoms with Crippen molar-refractivity contribution in [3.05, 3.63) is 0 Å². The first-order valence-electron chi connectivity index (χ1n) is 5.98. The molecule has 0 spiro atoms. The van der Waals surface area contributed by atoms with Crippen molar-refractivity contribution in [2.45, 2.75) is 45.0 Å². The highest BCUT2D eigenvalue weighted by molar-refractivity contribution is 5.79. The van der Waals surface area contributed by atoms with Gasteiger partial charge in [0.05, 0.1) is 6.54 Å². The minimum atomic E-state index is -4.61. The Kier molecular flexibility index (Phi) is 6.27. The number of nitrogens with one attached hydrogen (secondary N) is 2. The molecule has 118 valence electrons. The van der Waals surface area contributed by atoms with Crippen LogP contribution in [-0.2, 0) is 4.79 Å². The van der Waals surface area contributed by atoms with Gasteiger partial charge < -0.3 is 20.8 Å². The molecule has 0 aliphatic heterocycles. The molecule has 9 heteroatoms. The fourth-order valence-electron chi connectivity index (χ4n) is 1.30. The van der Waals surface area contributed by atoms with Gasteiger partial charge in [-0.3, -0.25) is 0 Å². The third kappa shape index (κ3) is 5.64. The zero-order valence-electron chi connectivity index (χ0n) is 11.4. The summed E-state index contributed by atoms with van der Waals surface area (Å²) in [5, 5.41) is 21.6. The molecule has 0 fully saturated rings. The fourth-order valence-corrected chi connectivity index (χ4v) is 1.30. The van der Waals surface area contributed by atoms with Crippen LogP contribution < -0.4 is 10.6 Å². The standard InChI is InChI=1S/C11H19F3N2O4/c1-4-6(2)7(11(12,13)14)16-9(19)15-5-10(3,20)8(17)18/h6-7,20H,4-5H2,1-3H3,(H,17,18)(H2,15,16,19). The molecule has 0 aliphatic rings. The summed E-state index contributed by atoms with van der Waals surface area (Å²) in [6.07, 6.45) is -4.40. The first kappa shape index (κ1) is 18.5. The van der Waals surface area contributed by atoms with E-state index < -0.39 is 42.3 Å². The van der Waals surface area contributed by atoms with Crippen LogP contribution >= 0.6 is 0 Å². The van der Waals surface area contributed by atoms with Crippen molar-refractivity contribution >= 4 is 12.0 Å². The number of carboxylic acids is 1. The summed E-state index contributed by atoms with van der Waals surface area (Å²) < 4.78 is 38.2. The number of rotatable bonds is 6. The predicted molar refractivity (Wildman–Crippen MR) is 64.1 cm³/mol. The second-order valence-corrected chi connectivity index (χ2v) is 4.81. The average molecular weight is 300 g/mol. The third-order valence-corrected chi connectivity index (χ3v) is 2.91. The Hall–Kier alpha value is -1.51. The molecular weight excluding hydrogens is 281 g/mol. The van der Waals surface area contributed by atoms with Crippen LogP contribution in [0.15, 0.2) is 0 Å². The van der Waals surface area contributed by atoms with Gasteiger partial charge in [-0.25, -0.2) is 9.59 Å². The Morgan fingerprint density at radius 2 is 1.80 bits per heavy atom. The number of halogens is 3. The lowest BCUT2D eigenvalue weighted by Gasteiger charge is -2.27. The van der Waals surface area contributed by atoms with Gasteiger partial charge >= 0.3 is 18.2 Å². The Balaban J connectivity index is 4.60. The minimum Gasteiger partial charge on any atom is -0.479 e. The molecule has 0 aromatic heterocycles. The number of hydrogen-bond donors (Lipinski definition) is 4. The Morgan fingerprint density at radius 3 is 2.15 bits per heavy atom. The maximum Gasteiger partial charge on any atom is 0.408 e. The molecule has 3 unspecified atom stereocenters. The summed E-state index contributed by atoms with van der Waals surface area (Å²) in [6, 6.07) is -3.23. The van der Waals surface area contributed by atoms with E-state index in [1.165, 1.54) is 6.92 Å². The van der Waals surface area contributed by atoms with Crippen LogP contribution in [-0.4, -0.2) is 46.6 Å². The van der Waals surface area contributed by atoms with Gasteiger partial charge in [0.15, 0.2) is 5.60 Å². The quantitative estimate of drug-likeness (QED) is 0.590. The summed E-state index contributed by atoms with van der Waals surface area (Å²) in [4.78, 5) is 21.9. The number of aliphatic carboxylic acids is 1. The van der Waals surface area contributed by atoms with Crippen LogP contribution in [0.4, 0.5) is 18.0 Å². The Morgan fingerprint density at radius 1 is 1.30 bits per heavy atom. The molecule has 0 rings (SSSR count). The molecule has 0 radical (unpaired) electrons. The van der Waals surface area contributed by atoms with Gasteiger partial charge in [-0.1, -0.05) is 20.3 Å². The average Bonchev–Trinajstić information content (AvgIpc) is 2.31. The first-order valence-corrected chi connectivity index (χ1v) is 5.98. The number of urea groups is 1. The SMILES string of the molecule is CCC(C)C(NC(=O)NCC(C)(O)C(=O)O)C(F)(F)F. The predicted octanol–water partition coefficient (Wildman–Crippen LogP) is 1.10. The zero-order valence-corrected chi connectivity index (χ0v) is 11.4. The van der Waals surface area contributed by atoms with Crippen molar-refractivity contribution in [2.75, 3.05) is 6.54 Å². The van der Waals surface area contributed by atoms with Gasteiger partial charge in [-0.2, -0.15) is 13.2 Å². The number of amides is 2.